The molecule has 0 aliphatic rings. The highest BCUT2D eigenvalue weighted by molar-refractivity contribution is 6.37. The van der Waals surface area contributed by atoms with Crippen molar-refractivity contribution in [1.82, 2.24) is 4.98 Å². The Balaban J connectivity index is 2.13. The summed E-state index contributed by atoms with van der Waals surface area (Å²) in [6, 6.07) is 6.74. The molecule has 0 amide bonds. The van der Waals surface area contributed by atoms with Crippen LogP contribution in [0.3, 0.4) is 0 Å². The first kappa shape index (κ1) is 14.1. The molecule has 0 fully saturated rings. The molecule has 1 aromatic heterocycles. The van der Waals surface area contributed by atoms with Gasteiger partial charge in [-0.05, 0) is 18.2 Å². The molecule has 2 N–H and O–H groups in total. The highest BCUT2D eigenvalue weighted by Gasteiger charge is 2.07. The van der Waals surface area contributed by atoms with Gasteiger partial charge in [0, 0.05) is 12.3 Å². The maximum absolute atomic E-state index is 6.07. The zero-order chi connectivity index (χ0) is 13.8. The van der Waals surface area contributed by atoms with E-state index in [0.29, 0.717) is 32.3 Å². The third kappa shape index (κ3) is 3.56. The molecule has 0 saturated heterocycles. The summed E-state index contributed by atoms with van der Waals surface area (Å²) in [5, 5.41) is 1.48. The average Bonchev–Trinajstić information content (AvgIpc) is 2.40. The Kier molecular flexibility index (Phi) is 4.58. The van der Waals surface area contributed by atoms with Crippen molar-refractivity contribution < 1.29 is 4.74 Å². The van der Waals surface area contributed by atoms with Crippen LogP contribution in [0.4, 0.5) is 11.5 Å². The van der Waals surface area contributed by atoms with Crippen molar-refractivity contribution in [3.05, 3.63) is 45.5 Å². The topological polar surface area (TPSA) is 46.2 Å². The van der Waals surface area contributed by atoms with Gasteiger partial charge in [0.25, 0.3) is 0 Å². The second-order valence-corrected chi connectivity index (χ2v) is 4.83. The molecule has 0 radical (unpaired) electrons. The molecule has 0 unspecified atom stereocenters. The Morgan fingerprint density at radius 2 is 1.84 bits per heavy atom. The lowest BCUT2D eigenvalue weighted by atomic mass is 10.3. The van der Waals surface area contributed by atoms with Gasteiger partial charge in [0.1, 0.15) is 11.6 Å². The third-order valence-corrected chi connectivity index (χ3v) is 3.13. The van der Waals surface area contributed by atoms with E-state index in [1.807, 2.05) is 0 Å². The number of pyridine rings is 1. The SMILES string of the molecule is COc1cc(NNc2ccc(Cl)cn2)c(Cl)cc1Cl. The molecule has 7 heteroatoms. The number of nitrogens with one attached hydrogen (secondary N) is 2. The van der Waals surface area contributed by atoms with Crippen LogP contribution in [-0.2, 0) is 0 Å². The Morgan fingerprint density at radius 1 is 1.05 bits per heavy atom. The molecule has 0 atom stereocenters. The van der Waals surface area contributed by atoms with Crippen LogP contribution in [-0.4, -0.2) is 12.1 Å². The van der Waals surface area contributed by atoms with Gasteiger partial charge in [-0.3, -0.25) is 10.9 Å². The zero-order valence-electron chi connectivity index (χ0n) is 9.88. The standard InChI is InChI=1S/C12H10Cl3N3O/c1-19-11-5-10(8(14)4-9(11)15)17-18-12-3-2-7(13)6-16-12/h2-6,17H,1H3,(H,16,18). The number of hydrogen-bond acceptors (Lipinski definition) is 4. The first-order chi connectivity index (χ1) is 9.10. The fourth-order valence-corrected chi connectivity index (χ4v) is 1.98. The minimum atomic E-state index is 0.447. The molecule has 2 rings (SSSR count). The summed E-state index contributed by atoms with van der Waals surface area (Å²) in [5.74, 6) is 1.13. The van der Waals surface area contributed by atoms with E-state index in [0.717, 1.165) is 0 Å². The van der Waals surface area contributed by atoms with Crippen molar-refractivity contribution in [3.63, 3.8) is 0 Å². The molecule has 19 heavy (non-hydrogen) atoms. The van der Waals surface area contributed by atoms with Gasteiger partial charge in [-0.15, -0.1) is 0 Å². The van der Waals surface area contributed by atoms with Crippen molar-refractivity contribution >= 4 is 46.3 Å². The summed E-state index contributed by atoms with van der Waals surface area (Å²) < 4.78 is 5.12. The van der Waals surface area contributed by atoms with E-state index in [9.17, 15) is 0 Å². The van der Waals surface area contributed by atoms with Crippen LogP contribution in [0, 0.1) is 0 Å². The van der Waals surface area contributed by atoms with Crippen LogP contribution in [0.5, 0.6) is 5.75 Å². The van der Waals surface area contributed by atoms with Gasteiger partial charge in [0.05, 0.1) is 27.9 Å². The van der Waals surface area contributed by atoms with E-state index in [4.69, 9.17) is 39.5 Å². The van der Waals surface area contributed by atoms with E-state index in [2.05, 4.69) is 15.8 Å². The Morgan fingerprint density at radius 3 is 2.47 bits per heavy atom. The van der Waals surface area contributed by atoms with Crippen LogP contribution < -0.4 is 15.6 Å². The number of methoxy groups -OCH3 is 1. The van der Waals surface area contributed by atoms with Crippen LogP contribution in [0.15, 0.2) is 30.5 Å². The number of rotatable bonds is 4. The molecule has 0 bridgehead atoms. The van der Waals surface area contributed by atoms with Gasteiger partial charge < -0.3 is 4.74 Å². The van der Waals surface area contributed by atoms with Gasteiger partial charge in [-0.25, -0.2) is 4.98 Å². The van der Waals surface area contributed by atoms with Gasteiger partial charge in [-0.1, -0.05) is 34.8 Å². The first-order valence-corrected chi connectivity index (χ1v) is 6.40. The first-order valence-electron chi connectivity index (χ1n) is 5.27. The quantitative estimate of drug-likeness (QED) is 0.815. The van der Waals surface area contributed by atoms with Crippen LogP contribution >= 0.6 is 34.8 Å². The second kappa shape index (κ2) is 6.19. The number of aromatic nitrogens is 1. The maximum atomic E-state index is 6.07. The fraction of sp³-hybridized carbons (Fsp3) is 0.0833. The summed E-state index contributed by atoms with van der Waals surface area (Å²) in [5.41, 5.74) is 6.45. The van der Waals surface area contributed by atoms with Crippen molar-refractivity contribution in [2.24, 2.45) is 0 Å². The lowest BCUT2D eigenvalue weighted by Gasteiger charge is -2.12. The Bertz CT molecular complexity index is 575. The third-order valence-electron chi connectivity index (χ3n) is 2.29. The molecule has 0 aliphatic carbocycles. The molecule has 0 saturated carbocycles. The van der Waals surface area contributed by atoms with Gasteiger partial charge in [-0.2, -0.15) is 0 Å². The molecule has 4 nitrogen and oxygen atoms in total. The molecule has 1 heterocycles. The maximum Gasteiger partial charge on any atom is 0.144 e. The van der Waals surface area contributed by atoms with E-state index in [1.165, 1.54) is 13.3 Å². The number of ether oxygens (including phenoxy) is 1. The molecular formula is C12H10Cl3N3O. The molecule has 2 aromatic rings. The number of nitrogens with zero attached hydrogens (tertiary/aromatic N) is 1. The number of halogens is 3. The number of hydrogen-bond donors (Lipinski definition) is 2. The minimum Gasteiger partial charge on any atom is -0.495 e. The highest BCUT2D eigenvalue weighted by Crippen LogP contribution is 2.33. The minimum absolute atomic E-state index is 0.447. The van der Waals surface area contributed by atoms with E-state index >= 15 is 0 Å². The summed E-state index contributed by atoms with van der Waals surface area (Å²) in [6.45, 7) is 0. The normalized spacial score (nSPS) is 10.1. The molecule has 1 aromatic carbocycles. The number of hydrazine groups is 1. The molecular weight excluding hydrogens is 309 g/mol. The average molecular weight is 319 g/mol. The van der Waals surface area contributed by atoms with Gasteiger partial charge in [0.15, 0.2) is 0 Å². The summed E-state index contributed by atoms with van der Waals surface area (Å²) in [6.07, 6.45) is 1.54. The monoisotopic (exact) mass is 317 g/mol. The molecule has 0 spiro atoms. The number of benzene rings is 1. The van der Waals surface area contributed by atoms with Crippen molar-refractivity contribution in [2.75, 3.05) is 18.0 Å². The smallest absolute Gasteiger partial charge is 0.144 e. The van der Waals surface area contributed by atoms with E-state index in [-0.39, 0.29) is 0 Å². The Hall–Kier alpha value is -1.36. The second-order valence-electron chi connectivity index (χ2n) is 3.58. The molecule has 0 aliphatic heterocycles. The van der Waals surface area contributed by atoms with Crippen LogP contribution in [0.2, 0.25) is 15.1 Å². The number of anilines is 2. The fourth-order valence-electron chi connectivity index (χ4n) is 1.36. The predicted molar refractivity (Wildman–Crippen MR) is 79.5 cm³/mol. The van der Waals surface area contributed by atoms with Crippen LogP contribution in [0.25, 0.3) is 0 Å². The van der Waals surface area contributed by atoms with Crippen molar-refractivity contribution in [1.29, 1.82) is 0 Å². The summed E-state index contributed by atoms with van der Waals surface area (Å²) in [4.78, 5) is 4.08. The largest absolute Gasteiger partial charge is 0.495 e. The van der Waals surface area contributed by atoms with Gasteiger partial charge in [0.2, 0.25) is 0 Å². The van der Waals surface area contributed by atoms with Crippen molar-refractivity contribution in [3.8, 4) is 5.75 Å². The summed E-state index contributed by atoms with van der Waals surface area (Å²) in [7, 11) is 1.53. The van der Waals surface area contributed by atoms with E-state index < -0.39 is 0 Å². The lowest BCUT2D eigenvalue weighted by molar-refractivity contribution is 0.415. The Labute approximate surface area is 125 Å². The summed E-state index contributed by atoms with van der Waals surface area (Å²) >= 11 is 17.8. The highest BCUT2D eigenvalue weighted by atomic mass is 35.5. The van der Waals surface area contributed by atoms with Gasteiger partial charge >= 0.3 is 0 Å². The zero-order valence-corrected chi connectivity index (χ0v) is 12.1. The molecule has 100 valence electrons. The van der Waals surface area contributed by atoms with Crippen molar-refractivity contribution in [2.45, 2.75) is 0 Å². The lowest BCUT2D eigenvalue weighted by Crippen LogP contribution is -2.10. The predicted octanol–water partition coefficient (Wildman–Crippen LogP) is 4.49. The van der Waals surface area contributed by atoms with Crippen LogP contribution in [0.1, 0.15) is 0 Å². The van der Waals surface area contributed by atoms with E-state index in [1.54, 1.807) is 24.3 Å².